The monoisotopic (exact) mass is 796 g/mol. The van der Waals surface area contributed by atoms with Gasteiger partial charge >= 0.3 is 25.8 Å². The molecule has 0 fully saturated rings. The van der Waals surface area contributed by atoms with Gasteiger partial charge in [-0.15, -0.1) is 0 Å². The summed E-state index contributed by atoms with van der Waals surface area (Å²) in [4.78, 5) is 68.3. The Balaban J connectivity index is -0.000000307. The van der Waals surface area contributed by atoms with Gasteiger partial charge in [0.15, 0.2) is 0 Å². The third-order valence-electron chi connectivity index (χ3n) is 11.0. The molecule has 0 N–H and O–H groups in total. The van der Waals surface area contributed by atoms with E-state index in [1.807, 2.05) is 125 Å². The molecule has 49 heavy (non-hydrogen) atoms. The SMILES string of the molecule is CC(C)C(C(=O)CC(=O)[O-])(C(C)C)C(C)C.CC(C)C(C(=O)CC(=O)[O-])(C(C)C)C(C)C.CC(C)C(C(=O)CC(=O)[O-])(C(C)C)C(C)C.[In+3]. The van der Waals surface area contributed by atoms with Gasteiger partial charge in [-0.05, 0) is 53.3 Å². The average molecular weight is 797 g/mol. The summed E-state index contributed by atoms with van der Waals surface area (Å²) >= 11 is 0. The van der Waals surface area contributed by atoms with E-state index >= 15 is 0 Å². The predicted molar refractivity (Wildman–Crippen MR) is 190 cm³/mol. The molecule has 0 aliphatic carbocycles. The Morgan fingerprint density at radius 2 is 0.429 bits per heavy atom. The number of carboxylic acids is 3. The summed E-state index contributed by atoms with van der Waals surface area (Å²) in [5.41, 5.74) is -1.71. The van der Waals surface area contributed by atoms with Gasteiger partial charge in [-0.2, -0.15) is 0 Å². The molecule has 0 aliphatic heterocycles. The van der Waals surface area contributed by atoms with Crippen molar-refractivity contribution in [3.05, 3.63) is 0 Å². The van der Waals surface area contributed by atoms with E-state index in [-0.39, 0.29) is 96.5 Å². The van der Waals surface area contributed by atoms with E-state index in [9.17, 15) is 44.1 Å². The van der Waals surface area contributed by atoms with Crippen molar-refractivity contribution in [2.24, 2.45) is 69.5 Å². The van der Waals surface area contributed by atoms with Gasteiger partial charge in [0.05, 0.1) is 0 Å². The van der Waals surface area contributed by atoms with E-state index in [0.29, 0.717) is 0 Å². The molecule has 0 spiro atoms. The second-order valence-corrected chi connectivity index (χ2v) is 16.1. The second kappa shape index (κ2) is 23.0. The first-order chi connectivity index (χ1) is 21.5. The molecule has 0 aromatic rings. The first-order valence-corrected chi connectivity index (χ1v) is 17.7. The van der Waals surface area contributed by atoms with Crippen LogP contribution in [0.3, 0.4) is 0 Å². The van der Waals surface area contributed by atoms with Crippen LogP contribution in [0.5, 0.6) is 0 Å². The molecule has 0 saturated heterocycles. The van der Waals surface area contributed by atoms with Crippen LogP contribution in [0.1, 0.15) is 144 Å². The normalized spacial score (nSPS) is 12.3. The summed E-state index contributed by atoms with van der Waals surface area (Å²) < 4.78 is 0. The van der Waals surface area contributed by atoms with Crippen LogP contribution in [0.25, 0.3) is 0 Å². The molecule has 0 rings (SSSR count). The Labute approximate surface area is 317 Å². The third kappa shape index (κ3) is 13.4. The van der Waals surface area contributed by atoms with E-state index in [1.165, 1.54) is 0 Å². The number of carbonyl (C=O) groups excluding carboxylic acids is 6. The molecule has 0 aliphatic rings. The number of ketones is 3. The van der Waals surface area contributed by atoms with Gasteiger partial charge in [-0.1, -0.05) is 125 Å². The van der Waals surface area contributed by atoms with Crippen LogP contribution in [0.2, 0.25) is 0 Å². The van der Waals surface area contributed by atoms with E-state index in [1.54, 1.807) is 0 Å². The fraction of sp³-hybridized carbons (Fsp3) is 0.846. The number of Topliss-reactive ketones (excluding diaryl/α,β-unsaturated/α-hetero) is 3. The maximum absolute atomic E-state index is 12.2. The van der Waals surface area contributed by atoms with Crippen LogP contribution in [-0.4, -0.2) is 61.1 Å². The van der Waals surface area contributed by atoms with Crippen molar-refractivity contribution in [1.82, 2.24) is 0 Å². The van der Waals surface area contributed by atoms with Crippen molar-refractivity contribution >= 4 is 61.1 Å². The van der Waals surface area contributed by atoms with Gasteiger partial charge < -0.3 is 29.7 Å². The van der Waals surface area contributed by atoms with Crippen molar-refractivity contribution in [3.8, 4) is 0 Å². The maximum Gasteiger partial charge on any atom is 3.00 e. The Hall–Kier alpha value is -1.71. The Bertz CT molecular complexity index is 868. The zero-order chi connectivity index (χ0) is 39.3. The van der Waals surface area contributed by atoms with Gasteiger partial charge in [0.1, 0.15) is 17.3 Å². The average Bonchev–Trinajstić information content (AvgIpc) is 2.82. The van der Waals surface area contributed by atoms with Crippen molar-refractivity contribution in [1.29, 1.82) is 0 Å². The fourth-order valence-corrected chi connectivity index (χ4v) is 9.75. The number of carboxylic acid groups (broad SMARTS) is 3. The second-order valence-electron chi connectivity index (χ2n) is 16.1. The van der Waals surface area contributed by atoms with E-state index in [2.05, 4.69) is 0 Å². The van der Waals surface area contributed by atoms with Crippen LogP contribution < -0.4 is 15.3 Å². The molecule has 0 aromatic carbocycles. The zero-order valence-corrected chi connectivity index (χ0v) is 37.4. The topological polar surface area (TPSA) is 172 Å². The van der Waals surface area contributed by atoms with Crippen LogP contribution in [0.15, 0.2) is 0 Å². The van der Waals surface area contributed by atoms with Crippen LogP contribution in [-0.2, 0) is 28.8 Å². The molecular formula is C39H69InO9. The van der Waals surface area contributed by atoms with Crippen molar-refractivity contribution in [2.75, 3.05) is 0 Å². The molecule has 10 heteroatoms. The molecule has 0 aromatic heterocycles. The minimum Gasteiger partial charge on any atom is -0.550 e. The van der Waals surface area contributed by atoms with Gasteiger partial charge in [0.25, 0.3) is 0 Å². The van der Waals surface area contributed by atoms with Crippen LogP contribution in [0.4, 0.5) is 0 Å². The van der Waals surface area contributed by atoms with Crippen LogP contribution in [0, 0.1) is 69.5 Å². The predicted octanol–water partition coefficient (Wildman–Crippen LogP) is 4.57. The molecule has 0 radical (unpaired) electrons. The zero-order valence-electron chi connectivity index (χ0n) is 34.1. The number of carbonyl (C=O) groups is 6. The van der Waals surface area contributed by atoms with E-state index in [4.69, 9.17) is 0 Å². The van der Waals surface area contributed by atoms with Crippen molar-refractivity contribution < 1.29 is 44.1 Å². The smallest absolute Gasteiger partial charge is 0.550 e. The number of rotatable bonds is 18. The van der Waals surface area contributed by atoms with Gasteiger partial charge in [0, 0.05) is 53.4 Å². The van der Waals surface area contributed by atoms with Crippen LogP contribution >= 0.6 is 0 Å². The van der Waals surface area contributed by atoms with E-state index in [0.717, 1.165) is 0 Å². The van der Waals surface area contributed by atoms with E-state index < -0.39 is 53.4 Å². The molecule has 0 heterocycles. The molecule has 0 bridgehead atoms. The standard InChI is InChI=1S/3C13H24O3.In/c3*1-8(2)13(9(3)4,10(5)6)11(14)7-12(15)16;/h3*8-10H,7H2,1-6H3,(H,15,16);/q;;;+3/p-3. The number of hydrogen-bond donors (Lipinski definition) is 0. The Morgan fingerprint density at radius 1 is 0.327 bits per heavy atom. The first-order valence-electron chi connectivity index (χ1n) is 17.7. The summed E-state index contributed by atoms with van der Waals surface area (Å²) in [6.45, 7) is 35.6. The maximum atomic E-state index is 12.2. The molecule has 9 nitrogen and oxygen atoms in total. The summed E-state index contributed by atoms with van der Waals surface area (Å²) in [5.74, 6) is -3.33. The number of hydrogen-bond acceptors (Lipinski definition) is 9. The summed E-state index contributed by atoms with van der Waals surface area (Å²) in [6, 6.07) is 0. The molecule has 0 amide bonds. The largest absolute Gasteiger partial charge is 3.00 e. The molecule has 282 valence electrons. The molecule has 0 saturated carbocycles. The third-order valence-corrected chi connectivity index (χ3v) is 11.0. The van der Waals surface area contributed by atoms with Gasteiger partial charge in [-0.3, -0.25) is 14.4 Å². The molecule has 0 atom stereocenters. The fourth-order valence-electron chi connectivity index (χ4n) is 9.75. The number of aliphatic carboxylic acids is 3. The quantitative estimate of drug-likeness (QED) is 0.180. The van der Waals surface area contributed by atoms with Crippen molar-refractivity contribution in [2.45, 2.75) is 144 Å². The minimum atomic E-state index is -1.28. The minimum absolute atomic E-state index is 0. The van der Waals surface area contributed by atoms with Crippen molar-refractivity contribution in [3.63, 3.8) is 0 Å². The summed E-state index contributed by atoms with van der Waals surface area (Å²) in [6.07, 6.45) is -1.43. The Kier molecular flexibility index (Phi) is 25.4. The Morgan fingerprint density at radius 3 is 0.490 bits per heavy atom. The molecular weight excluding hydrogens is 727 g/mol. The van der Waals surface area contributed by atoms with Gasteiger partial charge in [0.2, 0.25) is 0 Å². The molecule has 0 unspecified atom stereocenters. The summed E-state index contributed by atoms with van der Waals surface area (Å²) in [7, 11) is 0. The summed E-state index contributed by atoms with van der Waals surface area (Å²) in [5, 5.41) is 31.8. The first kappa shape index (κ1) is 54.1. The van der Waals surface area contributed by atoms with Gasteiger partial charge in [-0.25, -0.2) is 0 Å².